The molecule has 0 amide bonds. The van der Waals surface area contributed by atoms with Crippen molar-refractivity contribution in [3.05, 3.63) is 46.3 Å². The molecular weight excluding hydrogens is 306 g/mol. The van der Waals surface area contributed by atoms with Gasteiger partial charge in [-0.1, -0.05) is 23.7 Å². The second-order valence-electron chi connectivity index (χ2n) is 4.49. The van der Waals surface area contributed by atoms with Crippen molar-refractivity contribution in [2.45, 2.75) is 19.9 Å². The van der Waals surface area contributed by atoms with E-state index in [1.807, 2.05) is 6.92 Å². The van der Waals surface area contributed by atoms with Gasteiger partial charge in [-0.25, -0.2) is 9.79 Å². The Hall–Kier alpha value is -2.21. The van der Waals surface area contributed by atoms with Gasteiger partial charge in [-0.2, -0.15) is 0 Å². The van der Waals surface area contributed by atoms with E-state index in [1.54, 1.807) is 31.2 Å². The molecule has 6 nitrogen and oxygen atoms in total. The second kappa shape index (κ2) is 7.17. The lowest BCUT2D eigenvalue weighted by Gasteiger charge is -2.25. The van der Waals surface area contributed by atoms with Crippen LogP contribution in [-0.2, 0) is 14.3 Å². The van der Waals surface area contributed by atoms with Crippen LogP contribution in [-0.4, -0.2) is 25.1 Å². The fourth-order valence-corrected chi connectivity index (χ4v) is 2.23. The molecule has 22 heavy (non-hydrogen) atoms. The molecule has 0 spiro atoms. The number of ether oxygens (including phenoxy) is 2. The quantitative estimate of drug-likeness (QED) is 0.810. The minimum Gasteiger partial charge on any atom is -0.479 e. The minimum atomic E-state index is -0.598. The van der Waals surface area contributed by atoms with Crippen LogP contribution in [0.3, 0.4) is 0 Å². The van der Waals surface area contributed by atoms with Crippen LogP contribution in [0.25, 0.3) is 0 Å². The molecule has 0 saturated carbocycles. The van der Waals surface area contributed by atoms with Gasteiger partial charge in [0.05, 0.1) is 13.2 Å². The van der Waals surface area contributed by atoms with Crippen molar-refractivity contribution >= 4 is 23.5 Å². The van der Waals surface area contributed by atoms with Crippen molar-refractivity contribution < 1.29 is 14.3 Å². The fraction of sp³-hybridized carbons (Fsp3) is 0.333. The first-order chi connectivity index (χ1) is 10.6. The van der Waals surface area contributed by atoms with Crippen LogP contribution < -0.4 is 11.1 Å². The highest BCUT2D eigenvalue weighted by Crippen LogP contribution is 2.32. The SMILES string of the molecule is CCOC(=O)C1=C(OCC)NC(N)=NC1c1ccc(Cl)cc1. The van der Waals surface area contributed by atoms with Crippen LogP contribution >= 0.6 is 11.6 Å². The number of hydrogen-bond acceptors (Lipinski definition) is 6. The number of aliphatic imine (C=N–C) groups is 1. The van der Waals surface area contributed by atoms with E-state index in [2.05, 4.69) is 10.3 Å². The van der Waals surface area contributed by atoms with E-state index in [9.17, 15) is 4.79 Å². The number of nitrogens with two attached hydrogens (primary N) is 1. The van der Waals surface area contributed by atoms with Crippen LogP contribution in [0.2, 0.25) is 5.02 Å². The van der Waals surface area contributed by atoms with Gasteiger partial charge in [0.2, 0.25) is 5.88 Å². The Morgan fingerprint density at radius 1 is 1.32 bits per heavy atom. The zero-order chi connectivity index (χ0) is 16.1. The molecule has 118 valence electrons. The summed E-state index contributed by atoms with van der Waals surface area (Å²) in [5.74, 6) is -0.0421. The van der Waals surface area contributed by atoms with Gasteiger partial charge in [-0.05, 0) is 31.5 Å². The molecule has 1 atom stereocenters. The van der Waals surface area contributed by atoms with Gasteiger partial charge in [0.1, 0.15) is 11.6 Å². The number of guanidine groups is 1. The van der Waals surface area contributed by atoms with Gasteiger partial charge in [-0.15, -0.1) is 0 Å². The highest BCUT2D eigenvalue weighted by Gasteiger charge is 2.32. The predicted octanol–water partition coefficient (Wildman–Crippen LogP) is 2.11. The van der Waals surface area contributed by atoms with E-state index >= 15 is 0 Å². The number of hydrogen-bond donors (Lipinski definition) is 2. The molecular formula is C15H18ClN3O3. The van der Waals surface area contributed by atoms with Crippen molar-refractivity contribution in [1.82, 2.24) is 5.32 Å². The summed E-state index contributed by atoms with van der Waals surface area (Å²) in [6, 6.07) is 6.44. The maximum absolute atomic E-state index is 12.3. The molecule has 0 aliphatic carbocycles. The highest BCUT2D eigenvalue weighted by molar-refractivity contribution is 6.30. The van der Waals surface area contributed by atoms with Crippen molar-refractivity contribution in [2.24, 2.45) is 10.7 Å². The van der Waals surface area contributed by atoms with Crippen molar-refractivity contribution in [3.8, 4) is 0 Å². The summed E-state index contributed by atoms with van der Waals surface area (Å²) in [6.45, 7) is 4.20. The molecule has 0 fully saturated rings. The largest absolute Gasteiger partial charge is 0.479 e. The predicted molar refractivity (Wildman–Crippen MR) is 84.2 cm³/mol. The Kier molecular flexibility index (Phi) is 5.27. The standard InChI is InChI=1S/C15H18ClN3O3/c1-3-21-13-11(14(20)22-4-2)12(18-15(17)19-13)9-5-7-10(16)8-6-9/h5-8,12H,3-4H2,1-2H3,(H3,17,18,19). The third-order valence-corrected chi connectivity index (χ3v) is 3.25. The summed E-state index contributed by atoms with van der Waals surface area (Å²) in [6.07, 6.45) is 0. The molecule has 0 saturated heterocycles. The summed E-state index contributed by atoms with van der Waals surface area (Å²) < 4.78 is 10.6. The first-order valence-electron chi connectivity index (χ1n) is 6.96. The van der Waals surface area contributed by atoms with Crippen molar-refractivity contribution in [3.63, 3.8) is 0 Å². The van der Waals surface area contributed by atoms with Gasteiger partial charge < -0.3 is 15.2 Å². The molecule has 7 heteroatoms. The Morgan fingerprint density at radius 3 is 2.59 bits per heavy atom. The summed E-state index contributed by atoms with van der Waals surface area (Å²) in [7, 11) is 0. The van der Waals surface area contributed by atoms with E-state index in [0.717, 1.165) is 5.56 Å². The molecule has 2 rings (SSSR count). The van der Waals surface area contributed by atoms with E-state index < -0.39 is 12.0 Å². The van der Waals surface area contributed by atoms with Gasteiger partial charge in [0.25, 0.3) is 0 Å². The Labute approximate surface area is 133 Å². The van der Waals surface area contributed by atoms with Crippen LogP contribution in [0.4, 0.5) is 0 Å². The highest BCUT2D eigenvalue weighted by atomic mass is 35.5. The molecule has 1 aromatic rings. The third kappa shape index (κ3) is 3.51. The zero-order valence-electron chi connectivity index (χ0n) is 12.4. The third-order valence-electron chi connectivity index (χ3n) is 3.00. The Bertz CT molecular complexity index is 611. The lowest BCUT2D eigenvalue weighted by molar-refractivity contribution is -0.139. The van der Waals surface area contributed by atoms with Gasteiger partial charge >= 0.3 is 5.97 Å². The average molecular weight is 324 g/mol. The number of rotatable bonds is 5. The number of nitrogens with zero attached hydrogens (tertiary/aromatic N) is 1. The van der Waals surface area contributed by atoms with Gasteiger partial charge in [0.15, 0.2) is 5.96 Å². The molecule has 1 aromatic carbocycles. The van der Waals surface area contributed by atoms with E-state index in [1.165, 1.54) is 0 Å². The van der Waals surface area contributed by atoms with Crippen molar-refractivity contribution in [1.29, 1.82) is 0 Å². The molecule has 1 aliphatic rings. The number of benzene rings is 1. The lowest BCUT2D eigenvalue weighted by Crippen LogP contribution is -2.39. The summed E-state index contributed by atoms with van der Waals surface area (Å²) >= 11 is 5.91. The maximum atomic E-state index is 12.3. The summed E-state index contributed by atoms with van der Waals surface area (Å²) in [5, 5.41) is 3.37. The Balaban J connectivity index is 2.47. The number of halogens is 1. The van der Waals surface area contributed by atoms with Crippen LogP contribution in [0, 0.1) is 0 Å². The van der Waals surface area contributed by atoms with Crippen LogP contribution in [0.15, 0.2) is 40.7 Å². The first kappa shape index (κ1) is 16.2. The summed E-state index contributed by atoms with van der Waals surface area (Å²) in [5.41, 5.74) is 6.86. The van der Waals surface area contributed by atoms with E-state index in [-0.39, 0.29) is 18.4 Å². The number of esters is 1. The molecule has 1 aliphatic heterocycles. The van der Waals surface area contributed by atoms with Crippen molar-refractivity contribution in [2.75, 3.05) is 13.2 Å². The molecule has 0 bridgehead atoms. The van der Waals surface area contributed by atoms with Crippen LogP contribution in [0.5, 0.6) is 0 Å². The number of nitrogens with one attached hydrogen (secondary N) is 1. The number of carbonyl (C=O) groups excluding carboxylic acids is 1. The Morgan fingerprint density at radius 2 is 2.00 bits per heavy atom. The zero-order valence-corrected chi connectivity index (χ0v) is 13.2. The molecule has 0 aromatic heterocycles. The van der Waals surface area contributed by atoms with E-state index in [4.69, 9.17) is 26.8 Å². The topological polar surface area (TPSA) is 85.9 Å². The monoisotopic (exact) mass is 323 g/mol. The molecule has 1 heterocycles. The normalized spacial score (nSPS) is 17.6. The van der Waals surface area contributed by atoms with Gasteiger partial charge in [-0.3, -0.25) is 5.32 Å². The smallest absolute Gasteiger partial charge is 0.342 e. The molecule has 3 N–H and O–H groups in total. The fourth-order valence-electron chi connectivity index (χ4n) is 2.10. The van der Waals surface area contributed by atoms with Gasteiger partial charge in [0, 0.05) is 5.02 Å². The maximum Gasteiger partial charge on any atom is 0.342 e. The molecule has 0 radical (unpaired) electrons. The summed E-state index contributed by atoms with van der Waals surface area (Å²) in [4.78, 5) is 16.6. The van der Waals surface area contributed by atoms with Crippen LogP contribution in [0.1, 0.15) is 25.5 Å². The second-order valence-corrected chi connectivity index (χ2v) is 4.93. The first-order valence-corrected chi connectivity index (χ1v) is 7.34. The molecule has 1 unspecified atom stereocenters. The number of carbonyl (C=O) groups is 1. The lowest BCUT2D eigenvalue weighted by atomic mass is 9.98. The average Bonchev–Trinajstić information content (AvgIpc) is 2.48. The minimum absolute atomic E-state index is 0.177. The van der Waals surface area contributed by atoms with E-state index in [0.29, 0.717) is 17.2 Å².